The number of hydrogen-bond acceptors (Lipinski definition) is 6. The summed E-state index contributed by atoms with van der Waals surface area (Å²) >= 11 is 0. The molecule has 5 rings (SSSR count). The van der Waals surface area contributed by atoms with Crippen LogP contribution in [0.25, 0.3) is 11.1 Å². The highest BCUT2D eigenvalue weighted by Crippen LogP contribution is 2.25. The van der Waals surface area contributed by atoms with Crippen LogP contribution in [0.2, 0.25) is 0 Å². The van der Waals surface area contributed by atoms with Crippen molar-refractivity contribution in [3.63, 3.8) is 0 Å². The first-order valence-electron chi connectivity index (χ1n) is 15.9. The highest BCUT2D eigenvalue weighted by Gasteiger charge is 2.28. The van der Waals surface area contributed by atoms with E-state index in [0.717, 1.165) is 34.1 Å². The predicted octanol–water partition coefficient (Wildman–Crippen LogP) is 5.96. The molecule has 0 spiro atoms. The third-order valence-corrected chi connectivity index (χ3v) is 8.18. The number of likely N-dealkylation sites (tertiary alicyclic amines) is 1. The van der Waals surface area contributed by atoms with E-state index in [2.05, 4.69) is 15.6 Å². The van der Waals surface area contributed by atoms with Gasteiger partial charge in [0, 0.05) is 82.2 Å². The Labute approximate surface area is 274 Å². The van der Waals surface area contributed by atoms with E-state index >= 15 is 0 Å². The van der Waals surface area contributed by atoms with Crippen LogP contribution in [0.3, 0.4) is 0 Å². The number of nitrogens with one attached hydrogen (secondary N) is 2. The molecule has 0 bridgehead atoms. The molecule has 1 saturated heterocycles. The summed E-state index contributed by atoms with van der Waals surface area (Å²) in [6.45, 7) is 3.03. The summed E-state index contributed by atoms with van der Waals surface area (Å²) in [5.74, 6) is -0.904. The molecule has 0 atom stereocenters. The summed E-state index contributed by atoms with van der Waals surface area (Å²) in [6, 6.07) is 23.1. The number of anilines is 2. The molecule has 0 radical (unpaired) electrons. The van der Waals surface area contributed by atoms with E-state index in [1.807, 2.05) is 86.6 Å². The molecule has 47 heavy (non-hydrogen) atoms. The molecule has 3 aromatic carbocycles. The number of amides is 3. The molecular weight excluding hydrogens is 597 g/mol. The summed E-state index contributed by atoms with van der Waals surface area (Å²) in [6.07, 6.45) is 3.84. The summed E-state index contributed by atoms with van der Waals surface area (Å²) in [7, 11) is 3.95. The molecule has 244 valence electrons. The normalized spacial score (nSPS) is 13.1. The molecule has 10 heteroatoms. The topological polar surface area (TPSA) is 104 Å². The molecule has 1 fully saturated rings. The average molecular weight is 638 g/mol. The lowest BCUT2D eigenvalue weighted by molar-refractivity contribution is -0.115. The molecule has 4 aromatic rings. The monoisotopic (exact) mass is 637 g/mol. The van der Waals surface area contributed by atoms with E-state index in [1.54, 1.807) is 11.1 Å². The second kappa shape index (κ2) is 15.4. The molecule has 0 unspecified atom stereocenters. The van der Waals surface area contributed by atoms with Gasteiger partial charge in [-0.15, -0.1) is 0 Å². The quantitative estimate of drug-likeness (QED) is 0.211. The third-order valence-electron chi connectivity index (χ3n) is 8.18. The lowest BCUT2D eigenvalue weighted by Gasteiger charge is -2.32. The zero-order valence-corrected chi connectivity index (χ0v) is 27.0. The van der Waals surface area contributed by atoms with Gasteiger partial charge in [0.15, 0.2) is 0 Å². The van der Waals surface area contributed by atoms with Gasteiger partial charge in [-0.05, 0) is 66.1 Å². The fourth-order valence-electron chi connectivity index (χ4n) is 5.40. The van der Waals surface area contributed by atoms with Crippen LogP contribution in [0.4, 0.5) is 15.8 Å². The molecule has 2 heterocycles. The van der Waals surface area contributed by atoms with Crippen molar-refractivity contribution in [2.24, 2.45) is 0 Å². The zero-order chi connectivity index (χ0) is 33.3. The maximum absolute atomic E-state index is 14.2. The largest absolute Gasteiger partial charge is 0.474 e. The number of aromatic nitrogens is 1. The minimum Gasteiger partial charge on any atom is -0.474 e. The number of carbonyl (C=O) groups excluding carboxylic acids is 3. The van der Waals surface area contributed by atoms with Crippen molar-refractivity contribution in [1.82, 2.24) is 15.2 Å². The lowest BCUT2D eigenvalue weighted by atomic mass is 10.0. The summed E-state index contributed by atoms with van der Waals surface area (Å²) in [4.78, 5) is 46.3. The van der Waals surface area contributed by atoms with E-state index < -0.39 is 11.7 Å². The van der Waals surface area contributed by atoms with Gasteiger partial charge in [-0.1, -0.05) is 31.2 Å². The van der Waals surface area contributed by atoms with Crippen molar-refractivity contribution in [3.8, 4) is 17.0 Å². The van der Waals surface area contributed by atoms with Crippen LogP contribution in [0.1, 0.15) is 52.5 Å². The van der Waals surface area contributed by atoms with Gasteiger partial charge in [-0.25, -0.2) is 9.37 Å². The van der Waals surface area contributed by atoms with Crippen LogP contribution in [-0.2, 0) is 11.2 Å². The molecule has 3 amide bonds. The van der Waals surface area contributed by atoms with Crippen LogP contribution < -0.4 is 20.3 Å². The number of carbonyl (C=O) groups is 3. The summed E-state index contributed by atoms with van der Waals surface area (Å²) < 4.78 is 20.3. The van der Waals surface area contributed by atoms with Gasteiger partial charge in [0.2, 0.25) is 11.8 Å². The predicted molar refractivity (Wildman–Crippen MR) is 181 cm³/mol. The maximum Gasteiger partial charge on any atom is 0.254 e. The molecule has 0 saturated carbocycles. The van der Waals surface area contributed by atoms with Crippen molar-refractivity contribution < 1.29 is 23.5 Å². The van der Waals surface area contributed by atoms with E-state index in [1.165, 1.54) is 12.1 Å². The number of halogens is 1. The van der Waals surface area contributed by atoms with Crippen molar-refractivity contribution in [1.29, 1.82) is 0 Å². The standard InChI is InChI=1S/C37H40FN5O4/c1-4-34(44)41-29-11-7-26(8-12-29)27-9-16-35(40-24-27)47-31-18-21-43(22-19-31)37(46)32-15-10-28(38)23-33(32)36(45)39-20-17-25-5-13-30(14-6-25)42(2)3/h5-16,23-24,31H,4,17-22H2,1-3H3,(H,39,45)(H,41,44). The highest BCUT2D eigenvalue weighted by atomic mass is 19.1. The number of nitrogens with zero attached hydrogens (tertiary/aromatic N) is 3. The highest BCUT2D eigenvalue weighted by molar-refractivity contribution is 6.07. The molecule has 1 aliphatic heterocycles. The fraction of sp³-hybridized carbons (Fsp3) is 0.297. The number of rotatable bonds is 11. The third kappa shape index (κ3) is 8.72. The first kappa shape index (κ1) is 33.1. The average Bonchev–Trinajstić information content (AvgIpc) is 3.09. The number of benzene rings is 3. The van der Waals surface area contributed by atoms with Gasteiger partial charge in [0.05, 0.1) is 11.1 Å². The number of piperidine rings is 1. The van der Waals surface area contributed by atoms with E-state index in [9.17, 15) is 18.8 Å². The summed E-state index contributed by atoms with van der Waals surface area (Å²) in [5, 5.41) is 5.68. The SMILES string of the molecule is CCC(=O)Nc1ccc(-c2ccc(OC3CCN(C(=O)c4ccc(F)cc4C(=O)NCCc4ccc(N(C)C)cc4)CC3)nc2)cc1. The molecule has 0 aliphatic carbocycles. The van der Waals surface area contributed by atoms with Gasteiger partial charge >= 0.3 is 0 Å². The molecular formula is C37H40FN5O4. The van der Waals surface area contributed by atoms with E-state index in [-0.39, 0.29) is 29.0 Å². The van der Waals surface area contributed by atoms with Crippen molar-refractivity contribution in [2.75, 3.05) is 43.9 Å². The Morgan fingerprint density at radius 1 is 0.915 bits per heavy atom. The second-order valence-corrected chi connectivity index (χ2v) is 11.7. The summed E-state index contributed by atoms with van der Waals surface area (Å²) in [5.41, 5.74) is 4.99. The van der Waals surface area contributed by atoms with E-state index in [4.69, 9.17) is 4.74 Å². The van der Waals surface area contributed by atoms with Gasteiger partial charge in [-0.3, -0.25) is 14.4 Å². The minimum atomic E-state index is -0.575. The van der Waals surface area contributed by atoms with Crippen molar-refractivity contribution in [2.45, 2.75) is 38.7 Å². The molecule has 1 aliphatic rings. The zero-order valence-electron chi connectivity index (χ0n) is 27.0. The van der Waals surface area contributed by atoms with Crippen LogP contribution in [0, 0.1) is 5.82 Å². The van der Waals surface area contributed by atoms with Gasteiger partial charge in [0.1, 0.15) is 11.9 Å². The Bertz CT molecular complexity index is 1680. The van der Waals surface area contributed by atoms with Crippen molar-refractivity contribution >= 4 is 29.1 Å². The Hall–Kier alpha value is -5.25. The Morgan fingerprint density at radius 2 is 1.62 bits per heavy atom. The van der Waals surface area contributed by atoms with Crippen LogP contribution in [-0.4, -0.2) is 67.4 Å². The van der Waals surface area contributed by atoms with Crippen LogP contribution in [0.15, 0.2) is 85.1 Å². The van der Waals surface area contributed by atoms with Gasteiger partial charge in [0.25, 0.3) is 11.8 Å². The van der Waals surface area contributed by atoms with E-state index in [0.29, 0.717) is 51.2 Å². The first-order chi connectivity index (χ1) is 22.7. The Morgan fingerprint density at radius 3 is 2.26 bits per heavy atom. The number of pyridine rings is 1. The second-order valence-electron chi connectivity index (χ2n) is 11.7. The maximum atomic E-state index is 14.2. The first-order valence-corrected chi connectivity index (χ1v) is 15.9. The minimum absolute atomic E-state index is 0.0287. The van der Waals surface area contributed by atoms with Gasteiger partial charge in [-0.2, -0.15) is 0 Å². The number of hydrogen-bond donors (Lipinski definition) is 2. The van der Waals surface area contributed by atoms with Gasteiger partial charge < -0.3 is 25.2 Å². The van der Waals surface area contributed by atoms with Crippen molar-refractivity contribution in [3.05, 3.63) is 108 Å². The Kier molecular flexibility index (Phi) is 10.8. The smallest absolute Gasteiger partial charge is 0.254 e. The Balaban J connectivity index is 1.13. The molecule has 9 nitrogen and oxygen atoms in total. The molecule has 1 aromatic heterocycles. The van der Waals surface area contributed by atoms with Crippen LogP contribution in [0.5, 0.6) is 5.88 Å². The molecule has 2 N–H and O–H groups in total. The lowest BCUT2D eigenvalue weighted by Crippen LogP contribution is -2.42. The number of ether oxygens (including phenoxy) is 1. The van der Waals surface area contributed by atoms with Crippen LogP contribution >= 0.6 is 0 Å². The fourth-order valence-corrected chi connectivity index (χ4v) is 5.40.